The predicted molar refractivity (Wildman–Crippen MR) is 79.6 cm³/mol. The van der Waals surface area contributed by atoms with Crippen molar-refractivity contribution >= 4 is 17.0 Å². The van der Waals surface area contributed by atoms with Gasteiger partial charge < -0.3 is 10.6 Å². The van der Waals surface area contributed by atoms with Gasteiger partial charge in [0.15, 0.2) is 17.0 Å². The maximum absolute atomic E-state index is 5.97. The predicted octanol–water partition coefficient (Wildman–Crippen LogP) is 1.80. The van der Waals surface area contributed by atoms with Gasteiger partial charge in [0.05, 0.1) is 11.7 Å². The summed E-state index contributed by atoms with van der Waals surface area (Å²) in [4.78, 5) is 11.4. The van der Waals surface area contributed by atoms with Gasteiger partial charge in [0, 0.05) is 12.1 Å². The maximum Gasteiger partial charge on any atom is 0.179 e. The quantitative estimate of drug-likeness (QED) is 0.900. The molecule has 1 unspecified atom stereocenters. The third-order valence-corrected chi connectivity index (χ3v) is 3.86. The zero-order chi connectivity index (χ0) is 14.3. The van der Waals surface area contributed by atoms with Gasteiger partial charge in [-0.15, -0.1) is 0 Å². The molecule has 108 valence electrons. The van der Waals surface area contributed by atoms with Crippen molar-refractivity contribution in [3.8, 4) is 0 Å². The van der Waals surface area contributed by atoms with E-state index in [1.54, 1.807) is 0 Å². The van der Waals surface area contributed by atoms with Gasteiger partial charge in [0.25, 0.3) is 0 Å². The van der Waals surface area contributed by atoms with Crippen molar-refractivity contribution in [1.82, 2.24) is 24.6 Å². The molecule has 2 aromatic rings. The summed E-state index contributed by atoms with van der Waals surface area (Å²) < 4.78 is 1.94. The second-order valence-electron chi connectivity index (χ2n) is 6.01. The lowest BCUT2D eigenvalue weighted by molar-refractivity contribution is 0.350. The normalized spacial score (nSPS) is 17.0. The molecular weight excluding hydrogens is 252 g/mol. The van der Waals surface area contributed by atoms with Crippen molar-refractivity contribution < 1.29 is 0 Å². The number of nitrogens with two attached hydrogens (primary N) is 1. The molecule has 0 amide bonds. The van der Waals surface area contributed by atoms with Crippen LogP contribution in [0.4, 0.5) is 5.82 Å². The summed E-state index contributed by atoms with van der Waals surface area (Å²) in [6, 6.07) is 0.265. The molecule has 1 atom stereocenters. The van der Waals surface area contributed by atoms with E-state index in [1.165, 1.54) is 12.8 Å². The summed E-state index contributed by atoms with van der Waals surface area (Å²) in [5.74, 6) is 1.07. The molecule has 1 aliphatic rings. The van der Waals surface area contributed by atoms with E-state index in [0.717, 1.165) is 29.8 Å². The molecule has 0 saturated heterocycles. The standard InChI is InChI=1S/C14H22N6/c1-9(6-7-19(2)3)20-14-12(13(15)18-20)16-8-11(17-14)10-4-5-10/h8-10H,4-7H2,1-3H3,(H2,15,18). The van der Waals surface area contributed by atoms with Crippen LogP contribution in [-0.2, 0) is 0 Å². The molecule has 0 aliphatic heterocycles. The molecule has 0 aromatic carbocycles. The minimum atomic E-state index is 0.265. The summed E-state index contributed by atoms with van der Waals surface area (Å²) in [5, 5.41) is 4.44. The number of hydrogen-bond acceptors (Lipinski definition) is 5. The Morgan fingerprint density at radius 1 is 1.45 bits per heavy atom. The fourth-order valence-corrected chi connectivity index (χ4v) is 2.39. The van der Waals surface area contributed by atoms with E-state index in [-0.39, 0.29) is 6.04 Å². The Kier molecular flexibility index (Phi) is 3.33. The first-order chi connectivity index (χ1) is 9.56. The van der Waals surface area contributed by atoms with Crippen LogP contribution in [-0.4, -0.2) is 45.3 Å². The van der Waals surface area contributed by atoms with Gasteiger partial charge in [-0.05, 0) is 46.8 Å². The summed E-state index contributed by atoms with van der Waals surface area (Å²) in [6.07, 6.45) is 5.31. The van der Waals surface area contributed by atoms with Crippen molar-refractivity contribution in [2.45, 2.75) is 38.1 Å². The highest BCUT2D eigenvalue weighted by Crippen LogP contribution is 2.39. The minimum absolute atomic E-state index is 0.265. The summed E-state index contributed by atoms with van der Waals surface area (Å²) in [7, 11) is 4.15. The molecule has 0 spiro atoms. The highest BCUT2D eigenvalue weighted by Gasteiger charge is 2.27. The number of nitrogens with zero attached hydrogens (tertiary/aromatic N) is 5. The molecule has 0 radical (unpaired) electrons. The van der Waals surface area contributed by atoms with Crippen LogP contribution in [0.3, 0.4) is 0 Å². The van der Waals surface area contributed by atoms with Crippen LogP contribution in [0.25, 0.3) is 11.2 Å². The number of anilines is 1. The number of rotatable bonds is 5. The molecule has 0 bridgehead atoms. The van der Waals surface area contributed by atoms with E-state index in [9.17, 15) is 0 Å². The number of hydrogen-bond donors (Lipinski definition) is 1. The lowest BCUT2D eigenvalue weighted by Gasteiger charge is -2.16. The SMILES string of the molecule is CC(CCN(C)C)n1nc(N)c2ncc(C3CC3)nc21. The Morgan fingerprint density at radius 2 is 2.20 bits per heavy atom. The maximum atomic E-state index is 5.97. The lowest BCUT2D eigenvalue weighted by atomic mass is 10.2. The molecule has 20 heavy (non-hydrogen) atoms. The van der Waals surface area contributed by atoms with Crippen molar-refractivity contribution in [1.29, 1.82) is 0 Å². The molecule has 6 heteroatoms. The fourth-order valence-electron chi connectivity index (χ4n) is 2.39. The minimum Gasteiger partial charge on any atom is -0.380 e. The largest absolute Gasteiger partial charge is 0.380 e. The second kappa shape index (κ2) is 5.01. The Balaban J connectivity index is 1.94. The molecule has 6 nitrogen and oxygen atoms in total. The second-order valence-corrected chi connectivity index (χ2v) is 6.01. The van der Waals surface area contributed by atoms with E-state index < -0.39 is 0 Å². The van der Waals surface area contributed by atoms with E-state index in [4.69, 9.17) is 10.7 Å². The first kappa shape index (κ1) is 13.3. The first-order valence-electron chi connectivity index (χ1n) is 7.21. The van der Waals surface area contributed by atoms with E-state index in [0.29, 0.717) is 11.7 Å². The highest BCUT2D eigenvalue weighted by molar-refractivity contribution is 5.82. The number of nitrogen functional groups attached to an aromatic ring is 1. The molecule has 3 rings (SSSR count). The monoisotopic (exact) mass is 274 g/mol. The van der Waals surface area contributed by atoms with Crippen LogP contribution in [0.15, 0.2) is 6.20 Å². The zero-order valence-corrected chi connectivity index (χ0v) is 12.4. The topological polar surface area (TPSA) is 72.9 Å². The molecule has 2 N–H and O–H groups in total. The van der Waals surface area contributed by atoms with E-state index >= 15 is 0 Å². The van der Waals surface area contributed by atoms with Crippen molar-refractivity contribution in [2.24, 2.45) is 0 Å². The molecule has 1 fully saturated rings. The van der Waals surface area contributed by atoms with Crippen LogP contribution in [0.1, 0.15) is 43.8 Å². The third kappa shape index (κ3) is 2.47. The summed E-state index contributed by atoms with van der Waals surface area (Å²) in [5.41, 5.74) is 8.61. The Bertz CT molecular complexity index is 613. The number of aromatic nitrogens is 4. The van der Waals surface area contributed by atoms with Gasteiger partial charge in [-0.2, -0.15) is 5.10 Å². The zero-order valence-electron chi connectivity index (χ0n) is 12.4. The van der Waals surface area contributed by atoms with Gasteiger partial charge >= 0.3 is 0 Å². The molecular formula is C14H22N6. The van der Waals surface area contributed by atoms with Crippen molar-refractivity contribution in [3.63, 3.8) is 0 Å². The van der Waals surface area contributed by atoms with Gasteiger partial charge in [-0.1, -0.05) is 0 Å². The van der Waals surface area contributed by atoms with Crippen LogP contribution in [0.2, 0.25) is 0 Å². The Labute approximate surface area is 119 Å². The van der Waals surface area contributed by atoms with Crippen LogP contribution < -0.4 is 5.73 Å². The Hall–Kier alpha value is -1.69. The smallest absolute Gasteiger partial charge is 0.179 e. The van der Waals surface area contributed by atoms with E-state index in [2.05, 4.69) is 36.0 Å². The van der Waals surface area contributed by atoms with E-state index in [1.807, 2.05) is 10.9 Å². The fraction of sp³-hybridized carbons (Fsp3) is 0.643. The van der Waals surface area contributed by atoms with Gasteiger partial charge in [-0.25, -0.2) is 14.6 Å². The Morgan fingerprint density at radius 3 is 2.85 bits per heavy atom. The molecule has 1 aliphatic carbocycles. The third-order valence-electron chi connectivity index (χ3n) is 3.86. The summed E-state index contributed by atoms with van der Waals surface area (Å²) >= 11 is 0. The van der Waals surface area contributed by atoms with Gasteiger partial charge in [0.1, 0.15) is 0 Å². The molecule has 2 aromatic heterocycles. The van der Waals surface area contributed by atoms with Crippen LogP contribution >= 0.6 is 0 Å². The molecule has 2 heterocycles. The van der Waals surface area contributed by atoms with Crippen molar-refractivity contribution in [3.05, 3.63) is 11.9 Å². The molecule has 1 saturated carbocycles. The summed E-state index contributed by atoms with van der Waals surface area (Å²) in [6.45, 7) is 3.17. The van der Waals surface area contributed by atoms with Crippen molar-refractivity contribution in [2.75, 3.05) is 26.4 Å². The van der Waals surface area contributed by atoms with Crippen LogP contribution in [0, 0.1) is 0 Å². The highest BCUT2D eigenvalue weighted by atomic mass is 15.3. The van der Waals surface area contributed by atoms with Gasteiger partial charge in [-0.3, -0.25) is 0 Å². The average Bonchev–Trinajstić information content (AvgIpc) is 3.21. The average molecular weight is 274 g/mol. The number of fused-ring (bicyclic) bond motifs is 1. The lowest BCUT2D eigenvalue weighted by Crippen LogP contribution is -2.18. The van der Waals surface area contributed by atoms with Crippen LogP contribution in [0.5, 0.6) is 0 Å². The first-order valence-corrected chi connectivity index (χ1v) is 7.21. The van der Waals surface area contributed by atoms with Gasteiger partial charge in [0.2, 0.25) is 0 Å².